The Morgan fingerprint density at radius 1 is 1.53 bits per heavy atom. The maximum atomic E-state index is 13.4. The van der Waals surface area contributed by atoms with Crippen molar-refractivity contribution in [2.45, 2.75) is 31.7 Å². The molecule has 5 heteroatoms. The van der Waals surface area contributed by atoms with Gasteiger partial charge in [0.25, 0.3) is 0 Å². The molecule has 0 N–H and O–H groups in total. The lowest BCUT2D eigenvalue weighted by Gasteiger charge is -2.14. The molecule has 19 heavy (non-hydrogen) atoms. The minimum atomic E-state index is -0.625. The second-order valence-electron chi connectivity index (χ2n) is 4.89. The molecule has 1 fully saturated rings. The van der Waals surface area contributed by atoms with Crippen LogP contribution in [0.1, 0.15) is 25.6 Å². The summed E-state index contributed by atoms with van der Waals surface area (Å²) in [5.74, 6) is 0.150. The Morgan fingerprint density at radius 2 is 2.26 bits per heavy atom. The second kappa shape index (κ2) is 4.05. The first-order valence-electron chi connectivity index (χ1n) is 6.37. The number of nitrogens with zero attached hydrogens (tertiary/aromatic N) is 2. The van der Waals surface area contributed by atoms with E-state index >= 15 is 0 Å². The SMILES string of the molecule is CCn1c(C2(C(=O)OC)CC2)nc2ccc(F)cc21. The number of rotatable bonds is 3. The molecule has 1 heterocycles. The molecule has 0 radical (unpaired) electrons. The topological polar surface area (TPSA) is 44.1 Å². The highest BCUT2D eigenvalue weighted by atomic mass is 19.1. The first-order chi connectivity index (χ1) is 9.12. The highest BCUT2D eigenvalue weighted by Gasteiger charge is 2.56. The van der Waals surface area contributed by atoms with E-state index in [1.54, 1.807) is 6.07 Å². The van der Waals surface area contributed by atoms with Crippen molar-refractivity contribution in [1.82, 2.24) is 9.55 Å². The quantitative estimate of drug-likeness (QED) is 0.798. The zero-order chi connectivity index (χ0) is 13.6. The molecule has 0 unspecified atom stereocenters. The number of hydrogen-bond acceptors (Lipinski definition) is 3. The van der Waals surface area contributed by atoms with Gasteiger partial charge in [-0.05, 0) is 38.0 Å². The molecule has 1 aromatic carbocycles. The summed E-state index contributed by atoms with van der Waals surface area (Å²) >= 11 is 0. The lowest BCUT2D eigenvalue weighted by atomic mass is 10.1. The van der Waals surface area contributed by atoms with Gasteiger partial charge in [-0.2, -0.15) is 0 Å². The van der Waals surface area contributed by atoms with Gasteiger partial charge in [-0.25, -0.2) is 9.37 Å². The lowest BCUT2D eigenvalue weighted by molar-refractivity contribution is -0.144. The van der Waals surface area contributed by atoms with Gasteiger partial charge in [-0.3, -0.25) is 4.79 Å². The maximum absolute atomic E-state index is 13.4. The van der Waals surface area contributed by atoms with Gasteiger partial charge < -0.3 is 9.30 Å². The van der Waals surface area contributed by atoms with E-state index in [-0.39, 0.29) is 11.8 Å². The summed E-state index contributed by atoms with van der Waals surface area (Å²) in [5.41, 5.74) is 0.821. The van der Waals surface area contributed by atoms with Crippen LogP contribution in [0.4, 0.5) is 4.39 Å². The minimum absolute atomic E-state index is 0.252. The van der Waals surface area contributed by atoms with Crippen LogP contribution in [0.15, 0.2) is 18.2 Å². The molecule has 0 atom stereocenters. The van der Waals surface area contributed by atoms with Crippen LogP contribution >= 0.6 is 0 Å². The summed E-state index contributed by atoms with van der Waals surface area (Å²) in [6, 6.07) is 4.49. The predicted octanol–water partition coefficient (Wildman–Crippen LogP) is 2.40. The average molecular weight is 262 g/mol. The van der Waals surface area contributed by atoms with Gasteiger partial charge in [0.15, 0.2) is 0 Å². The van der Waals surface area contributed by atoms with Gasteiger partial charge in [-0.1, -0.05) is 0 Å². The van der Waals surface area contributed by atoms with Gasteiger partial charge in [-0.15, -0.1) is 0 Å². The van der Waals surface area contributed by atoms with Crippen molar-refractivity contribution in [3.63, 3.8) is 0 Å². The fraction of sp³-hybridized carbons (Fsp3) is 0.429. The molecule has 2 aromatic rings. The van der Waals surface area contributed by atoms with E-state index in [9.17, 15) is 9.18 Å². The fourth-order valence-corrected chi connectivity index (χ4v) is 2.62. The van der Waals surface area contributed by atoms with E-state index in [4.69, 9.17) is 4.74 Å². The van der Waals surface area contributed by atoms with Gasteiger partial charge in [0.2, 0.25) is 0 Å². The number of aryl methyl sites for hydroxylation is 1. The largest absolute Gasteiger partial charge is 0.468 e. The molecular weight excluding hydrogens is 247 g/mol. The Labute approximate surface area is 110 Å². The van der Waals surface area contributed by atoms with E-state index in [0.29, 0.717) is 17.9 Å². The maximum Gasteiger partial charge on any atom is 0.319 e. The van der Waals surface area contributed by atoms with Crippen molar-refractivity contribution in [3.05, 3.63) is 29.8 Å². The molecule has 0 saturated heterocycles. The molecule has 100 valence electrons. The third-order valence-electron chi connectivity index (χ3n) is 3.78. The van der Waals surface area contributed by atoms with Crippen LogP contribution in [-0.2, 0) is 21.5 Å². The molecule has 3 rings (SSSR count). The van der Waals surface area contributed by atoms with Crippen molar-refractivity contribution in [3.8, 4) is 0 Å². The number of fused-ring (bicyclic) bond motifs is 1. The number of esters is 1. The third-order valence-corrected chi connectivity index (χ3v) is 3.78. The third kappa shape index (κ3) is 1.64. The zero-order valence-corrected chi connectivity index (χ0v) is 10.9. The standard InChI is InChI=1S/C14H15FN2O2/c1-3-17-11-8-9(15)4-5-10(11)16-12(17)14(6-7-14)13(18)19-2/h4-5,8H,3,6-7H2,1-2H3. The van der Waals surface area contributed by atoms with Gasteiger partial charge in [0.1, 0.15) is 17.1 Å². The van der Waals surface area contributed by atoms with Crippen LogP contribution in [0.5, 0.6) is 0 Å². The Kier molecular flexibility index (Phi) is 2.59. The van der Waals surface area contributed by atoms with Crippen molar-refractivity contribution in [1.29, 1.82) is 0 Å². The number of carbonyl (C=O) groups excluding carboxylic acids is 1. The number of hydrogen-bond donors (Lipinski definition) is 0. The van der Waals surface area contributed by atoms with Gasteiger partial charge in [0, 0.05) is 6.54 Å². The Bertz CT molecular complexity index is 659. The van der Waals surface area contributed by atoms with Crippen LogP contribution in [0.3, 0.4) is 0 Å². The average Bonchev–Trinajstić information content (AvgIpc) is 3.14. The molecule has 4 nitrogen and oxygen atoms in total. The van der Waals surface area contributed by atoms with E-state index in [1.807, 2.05) is 11.5 Å². The number of aromatic nitrogens is 2. The van der Waals surface area contributed by atoms with Crippen LogP contribution in [0.25, 0.3) is 11.0 Å². The van der Waals surface area contributed by atoms with E-state index in [0.717, 1.165) is 18.4 Å². The van der Waals surface area contributed by atoms with Crippen molar-refractivity contribution in [2.24, 2.45) is 0 Å². The van der Waals surface area contributed by atoms with E-state index in [1.165, 1.54) is 19.2 Å². The molecule has 1 aromatic heterocycles. The molecule has 1 saturated carbocycles. The fourth-order valence-electron chi connectivity index (χ4n) is 2.62. The highest BCUT2D eigenvalue weighted by Crippen LogP contribution is 2.49. The van der Waals surface area contributed by atoms with Crippen LogP contribution in [0.2, 0.25) is 0 Å². The number of imidazole rings is 1. The van der Waals surface area contributed by atoms with Crippen molar-refractivity contribution in [2.75, 3.05) is 7.11 Å². The molecule has 1 aliphatic rings. The molecule has 0 aliphatic heterocycles. The first kappa shape index (κ1) is 12.1. The number of methoxy groups -OCH3 is 1. The summed E-state index contributed by atoms with van der Waals surface area (Å²) in [7, 11) is 1.39. The normalized spacial score (nSPS) is 16.6. The predicted molar refractivity (Wildman–Crippen MR) is 68.3 cm³/mol. The van der Waals surface area contributed by atoms with Crippen LogP contribution < -0.4 is 0 Å². The van der Waals surface area contributed by atoms with Crippen LogP contribution in [0, 0.1) is 5.82 Å². The molecule has 0 amide bonds. The second-order valence-corrected chi connectivity index (χ2v) is 4.89. The summed E-state index contributed by atoms with van der Waals surface area (Å²) < 4.78 is 20.2. The summed E-state index contributed by atoms with van der Waals surface area (Å²) in [6.45, 7) is 2.61. The summed E-state index contributed by atoms with van der Waals surface area (Å²) in [6.07, 6.45) is 1.48. The first-order valence-corrected chi connectivity index (χ1v) is 6.37. The number of halogens is 1. The van der Waals surface area contributed by atoms with Gasteiger partial charge >= 0.3 is 5.97 Å². The van der Waals surface area contributed by atoms with Crippen LogP contribution in [-0.4, -0.2) is 22.6 Å². The summed E-state index contributed by atoms with van der Waals surface area (Å²) in [5, 5.41) is 0. The Morgan fingerprint density at radius 3 is 2.84 bits per heavy atom. The van der Waals surface area contributed by atoms with Crippen molar-refractivity contribution >= 4 is 17.0 Å². The summed E-state index contributed by atoms with van der Waals surface area (Å²) in [4.78, 5) is 16.5. The molecule has 0 spiro atoms. The van der Waals surface area contributed by atoms with E-state index in [2.05, 4.69) is 4.98 Å². The molecule has 1 aliphatic carbocycles. The smallest absolute Gasteiger partial charge is 0.319 e. The number of benzene rings is 1. The number of carbonyl (C=O) groups is 1. The highest BCUT2D eigenvalue weighted by molar-refractivity contribution is 5.87. The minimum Gasteiger partial charge on any atom is -0.468 e. The Balaban J connectivity index is 2.22. The zero-order valence-electron chi connectivity index (χ0n) is 10.9. The molecule has 0 bridgehead atoms. The molecular formula is C14H15FN2O2. The monoisotopic (exact) mass is 262 g/mol. The van der Waals surface area contributed by atoms with Crippen molar-refractivity contribution < 1.29 is 13.9 Å². The lowest BCUT2D eigenvalue weighted by Crippen LogP contribution is -2.26. The number of ether oxygens (including phenoxy) is 1. The Hall–Kier alpha value is -1.91. The van der Waals surface area contributed by atoms with Gasteiger partial charge in [0.05, 0.1) is 18.1 Å². The van der Waals surface area contributed by atoms with E-state index < -0.39 is 5.41 Å².